The van der Waals surface area contributed by atoms with Crippen LogP contribution in [0.4, 0.5) is 11.6 Å². The summed E-state index contributed by atoms with van der Waals surface area (Å²) in [5, 5.41) is 10.6. The predicted molar refractivity (Wildman–Crippen MR) is 73.6 cm³/mol. The summed E-state index contributed by atoms with van der Waals surface area (Å²) in [7, 11) is -3.81. The SMILES string of the molecule is Nc1ncc(S(=O)(=O)NCc2cccc([N+](=O)[O-])c2)cn1. The summed E-state index contributed by atoms with van der Waals surface area (Å²) < 4.78 is 26.2. The first kappa shape index (κ1) is 14.8. The predicted octanol–water partition coefficient (Wildman–Crippen LogP) is 0.445. The van der Waals surface area contributed by atoms with Gasteiger partial charge in [0.05, 0.1) is 17.3 Å². The fourth-order valence-corrected chi connectivity index (χ4v) is 2.41. The second kappa shape index (κ2) is 5.81. The number of anilines is 1. The summed E-state index contributed by atoms with van der Waals surface area (Å²) in [6, 6.07) is 5.68. The largest absolute Gasteiger partial charge is 0.368 e. The van der Waals surface area contributed by atoms with E-state index in [0.717, 1.165) is 12.4 Å². The standard InChI is InChI=1S/C11H11N5O4S/c12-11-13-6-10(7-14-11)21(19,20)15-5-8-2-1-3-9(4-8)16(17)18/h1-4,6-7,15H,5H2,(H2,12,13,14). The maximum atomic E-state index is 12.0. The maximum Gasteiger partial charge on any atom is 0.269 e. The zero-order valence-electron chi connectivity index (χ0n) is 10.6. The molecule has 0 radical (unpaired) electrons. The van der Waals surface area contributed by atoms with Gasteiger partial charge in [-0.1, -0.05) is 12.1 Å². The average molecular weight is 309 g/mol. The minimum absolute atomic E-state index is 0.0346. The van der Waals surface area contributed by atoms with Crippen LogP contribution in [0.25, 0.3) is 0 Å². The smallest absolute Gasteiger partial charge is 0.269 e. The molecule has 0 aliphatic carbocycles. The number of hydrogen-bond donors (Lipinski definition) is 2. The molecule has 0 fully saturated rings. The van der Waals surface area contributed by atoms with Gasteiger partial charge in [-0.2, -0.15) is 0 Å². The number of nitrogens with two attached hydrogens (primary N) is 1. The Hall–Kier alpha value is -2.59. The number of nitrogens with zero attached hydrogens (tertiary/aromatic N) is 3. The van der Waals surface area contributed by atoms with Crippen molar-refractivity contribution in [1.29, 1.82) is 0 Å². The topological polar surface area (TPSA) is 141 Å². The molecule has 0 bridgehead atoms. The van der Waals surface area contributed by atoms with Crippen molar-refractivity contribution in [3.05, 3.63) is 52.3 Å². The lowest BCUT2D eigenvalue weighted by Gasteiger charge is -2.06. The molecule has 110 valence electrons. The first-order valence-electron chi connectivity index (χ1n) is 5.69. The minimum atomic E-state index is -3.81. The molecule has 0 saturated carbocycles. The van der Waals surface area contributed by atoms with E-state index in [1.165, 1.54) is 18.2 Å². The molecule has 21 heavy (non-hydrogen) atoms. The molecule has 0 spiro atoms. The van der Waals surface area contributed by atoms with E-state index in [2.05, 4.69) is 14.7 Å². The Morgan fingerprint density at radius 1 is 1.29 bits per heavy atom. The van der Waals surface area contributed by atoms with E-state index in [-0.39, 0.29) is 23.1 Å². The van der Waals surface area contributed by atoms with Gasteiger partial charge in [0.2, 0.25) is 16.0 Å². The number of nitrogen functional groups attached to an aromatic ring is 1. The summed E-state index contributed by atoms with van der Waals surface area (Å²) in [6.07, 6.45) is 2.16. The van der Waals surface area contributed by atoms with Crippen molar-refractivity contribution in [3.8, 4) is 0 Å². The van der Waals surface area contributed by atoms with Gasteiger partial charge < -0.3 is 5.73 Å². The van der Waals surface area contributed by atoms with Crippen LogP contribution in [0.1, 0.15) is 5.56 Å². The fraction of sp³-hybridized carbons (Fsp3) is 0.0909. The summed E-state index contributed by atoms with van der Waals surface area (Å²) in [5.74, 6) is -0.0346. The van der Waals surface area contributed by atoms with Crippen molar-refractivity contribution in [1.82, 2.24) is 14.7 Å². The number of benzene rings is 1. The van der Waals surface area contributed by atoms with Crippen molar-refractivity contribution in [3.63, 3.8) is 0 Å². The van der Waals surface area contributed by atoms with Gasteiger partial charge in [-0.15, -0.1) is 0 Å². The quantitative estimate of drug-likeness (QED) is 0.603. The van der Waals surface area contributed by atoms with Gasteiger partial charge in [0.15, 0.2) is 0 Å². The Kier molecular flexibility index (Phi) is 4.10. The van der Waals surface area contributed by atoms with Gasteiger partial charge in [-0.3, -0.25) is 10.1 Å². The number of rotatable bonds is 5. The van der Waals surface area contributed by atoms with Gasteiger partial charge in [0, 0.05) is 18.7 Å². The second-order valence-electron chi connectivity index (χ2n) is 4.03. The monoisotopic (exact) mass is 309 g/mol. The van der Waals surface area contributed by atoms with Crippen LogP contribution in [-0.4, -0.2) is 23.3 Å². The lowest BCUT2D eigenvalue weighted by atomic mass is 10.2. The van der Waals surface area contributed by atoms with Gasteiger partial charge in [-0.05, 0) is 5.56 Å². The number of nitrogens with one attached hydrogen (secondary N) is 1. The number of aromatic nitrogens is 2. The van der Waals surface area contributed by atoms with Crippen LogP contribution < -0.4 is 10.5 Å². The molecule has 0 aliphatic rings. The van der Waals surface area contributed by atoms with E-state index in [4.69, 9.17) is 5.73 Å². The minimum Gasteiger partial charge on any atom is -0.368 e. The molecule has 1 aromatic carbocycles. The zero-order chi connectivity index (χ0) is 15.5. The summed E-state index contributed by atoms with van der Waals surface area (Å²) >= 11 is 0. The van der Waals surface area contributed by atoms with Gasteiger partial charge in [0.25, 0.3) is 5.69 Å². The Bertz CT molecular complexity index is 760. The molecule has 2 rings (SSSR count). The van der Waals surface area contributed by atoms with E-state index in [9.17, 15) is 18.5 Å². The highest BCUT2D eigenvalue weighted by Crippen LogP contribution is 2.14. The number of nitro benzene ring substituents is 1. The summed E-state index contributed by atoms with van der Waals surface area (Å²) in [6.45, 7) is -0.0889. The third-order valence-electron chi connectivity index (χ3n) is 2.55. The van der Waals surface area contributed by atoms with E-state index in [1.54, 1.807) is 6.07 Å². The Morgan fingerprint density at radius 3 is 2.57 bits per heavy atom. The molecule has 0 amide bonds. The van der Waals surface area contributed by atoms with Crippen LogP contribution >= 0.6 is 0 Å². The molecule has 9 nitrogen and oxygen atoms in total. The van der Waals surface area contributed by atoms with Gasteiger partial charge in [0.1, 0.15) is 4.90 Å². The Labute approximate surface area is 120 Å². The average Bonchev–Trinajstić information content (AvgIpc) is 2.46. The van der Waals surface area contributed by atoms with Crippen LogP contribution in [0, 0.1) is 10.1 Å². The van der Waals surface area contributed by atoms with E-state index >= 15 is 0 Å². The molecular weight excluding hydrogens is 298 g/mol. The highest BCUT2D eigenvalue weighted by Gasteiger charge is 2.15. The number of non-ortho nitro benzene ring substituents is 1. The molecule has 0 unspecified atom stereocenters. The van der Waals surface area contributed by atoms with E-state index in [1.807, 2.05) is 0 Å². The van der Waals surface area contributed by atoms with Gasteiger partial charge in [-0.25, -0.2) is 23.1 Å². The first-order chi connectivity index (χ1) is 9.88. The highest BCUT2D eigenvalue weighted by atomic mass is 32.2. The zero-order valence-corrected chi connectivity index (χ0v) is 11.4. The van der Waals surface area contributed by atoms with Crippen LogP contribution in [0.2, 0.25) is 0 Å². The normalized spacial score (nSPS) is 11.2. The molecule has 10 heteroatoms. The molecular formula is C11H11N5O4S. The first-order valence-corrected chi connectivity index (χ1v) is 7.17. The number of hydrogen-bond acceptors (Lipinski definition) is 7. The van der Waals surface area contributed by atoms with E-state index < -0.39 is 14.9 Å². The molecule has 2 aromatic rings. The van der Waals surface area contributed by atoms with Crippen molar-refractivity contribution in [2.75, 3.05) is 5.73 Å². The Balaban J connectivity index is 2.13. The van der Waals surface area contributed by atoms with Crippen LogP contribution in [-0.2, 0) is 16.6 Å². The molecule has 0 aliphatic heterocycles. The lowest BCUT2D eigenvalue weighted by molar-refractivity contribution is -0.384. The van der Waals surface area contributed by atoms with E-state index in [0.29, 0.717) is 5.56 Å². The maximum absolute atomic E-state index is 12.0. The van der Waals surface area contributed by atoms with Crippen molar-refractivity contribution in [2.45, 2.75) is 11.4 Å². The number of nitro groups is 1. The molecule has 1 heterocycles. The summed E-state index contributed by atoms with van der Waals surface area (Å²) in [5.41, 5.74) is 5.63. The van der Waals surface area contributed by atoms with Crippen LogP contribution in [0.3, 0.4) is 0 Å². The molecule has 1 aromatic heterocycles. The lowest BCUT2D eigenvalue weighted by Crippen LogP contribution is -2.23. The van der Waals surface area contributed by atoms with Crippen LogP contribution in [0.5, 0.6) is 0 Å². The molecule has 0 saturated heterocycles. The van der Waals surface area contributed by atoms with Crippen molar-refractivity contribution < 1.29 is 13.3 Å². The summed E-state index contributed by atoms with van der Waals surface area (Å²) in [4.78, 5) is 17.2. The third-order valence-corrected chi connectivity index (χ3v) is 3.90. The highest BCUT2D eigenvalue weighted by molar-refractivity contribution is 7.89. The third kappa shape index (κ3) is 3.70. The van der Waals surface area contributed by atoms with Gasteiger partial charge >= 0.3 is 0 Å². The van der Waals surface area contributed by atoms with Crippen LogP contribution in [0.15, 0.2) is 41.6 Å². The van der Waals surface area contributed by atoms with Crippen molar-refractivity contribution in [2.24, 2.45) is 0 Å². The Morgan fingerprint density at radius 2 is 1.95 bits per heavy atom. The van der Waals surface area contributed by atoms with Crippen molar-refractivity contribution >= 4 is 21.7 Å². The fourth-order valence-electron chi connectivity index (χ4n) is 1.51. The molecule has 3 N–H and O–H groups in total. The second-order valence-corrected chi connectivity index (χ2v) is 5.80. The molecule has 0 atom stereocenters. The number of sulfonamides is 1.